The standard InChI is InChI=1S/C25H33ClN4O4/c1-13-10-30(11-14(2)34-13)12-18(31)9-27-25(33)23-15(3)22(28-16(23)4)8-20-19-7-17(26)5-6-21(19)29-24(20)32/h5-8,13-14,18,25,27-28,31,33H,9-12H2,1-4H3,(H,29,32)/b20-8-/t13-,14+,18?,25?. The number of aliphatic hydroxyl groups excluding tert-OH is 2. The predicted octanol–water partition coefficient (Wildman–Crippen LogP) is 2.83. The first-order chi connectivity index (χ1) is 16.1. The van der Waals surface area contributed by atoms with Crippen LogP contribution in [0, 0.1) is 13.8 Å². The molecular formula is C25H33ClN4O4. The molecule has 0 bridgehead atoms. The number of halogens is 1. The Morgan fingerprint density at radius 3 is 2.68 bits per heavy atom. The van der Waals surface area contributed by atoms with Gasteiger partial charge in [-0.15, -0.1) is 0 Å². The molecule has 9 heteroatoms. The van der Waals surface area contributed by atoms with E-state index < -0.39 is 12.3 Å². The van der Waals surface area contributed by atoms with Crippen molar-refractivity contribution in [2.24, 2.45) is 0 Å². The lowest BCUT2D eigenvalue weighted by Gasteiger charge is -2.36. The fraction of sp³-hybridized carbons (Fsp3) is 0.480. The van der Waals surface area contributed by atoms with Crippen molar-refractivity contribution in [2.45, 2.75) is 52.2 Å². The number of benzene rings is 1. The monoisotopic (exact) mass is 488 g/mol. The zero-order valence-corrected chi connectivity index (χ0v) is 20.7. The number of nitrogens with one attached hydrogen (secondary N) is 3. The van der Waals surface area contributed by atoms with Crippen molar-refractivity contribution in [2.75, 3.05) is 31.5 Å². The van der Waals surface area contributed by atoms with Gasteiger partial charge in [0, 0.05) is 59.4 Å². The SMILES string of the molecule is Cc1[nH]c(/C=C2\C(=O)Nc3ccc(Cl)cc32)c(C)c1C(O)NCC(O)CN1C[C@@H](C)O[C@@H](C)C1. The average Bonchev–Trinajstić information content (AvgIpc) is 3.20. The first kappa shape index (κ1) is 24.9. The Labute approximate surface area is 204 Å². The highest BCUT2D eigenvalue weighted by Crippen LogP contribution is 2.36. The third-order valence-electron chi connectivity index (χ3n) is 6.37. The summed E-state index contributed by atoms with van der Waals surface area (Å²) < 4.78 is 5.74. The quantitative estimate of drug-likeness (QED) is 0.303. The number of H-pyrrole nitrogens is 1. The van der Waals surface area contributed by atoms with Gasteiger partial charge in [0.2, 0.25) is 0 Å². The summed E-state index contributed by atoms with van der Waals surface area (Å²) in [5.74, 6) is -0.195. The summed E-state index contributed by atoms with van der Waals surface area (Å²) in [4.78, 5) is 18.0. The van der Waals surface area contributed by atoms with Gasteiger partial charge in [-0.05, 0) is 57.5 Å². The van der Waals surface area contributed by atoms with Crippen molar-refractivity contribution in [3.05, 3.63) is 51.3 Å². The highest BCUT2D eigenvalue weighted by molar-refractivity contribution is 6.36. The van der Waals surface area contributed by atoms with E-state index in [4.69, 9.17) is 16.3 Å². The second-order valence-corrected chi connectivity index (χ2v) is 9.78. The van der Waals surface area contributed by atoms with Crippen molar-refractivity contribution in [3.8, 4) is 0 Å². The van der Waals surface area contributed by atoms with Crippen LogP contribution in [0.4, 0.5) is 5.69 Å². The highest BCUT2D eigenvalue weighted by atomic mass is 35.5. The molecule has 1 aromatic carbocycles. The Balaban J connectivity index is 1.44. The number of morpholine rings is 1. The number of aromatic amines is 1. The number of rotatable bonds is 7. The topological polar surface area (TPSA) is 110 Å². The van der Waals surface area contributed by atoms with Gasteiger partial charge in [0.25, 0.3) is 5.91 Å². The van der Waals surface area contributed by atoms with Crippen LogP contribution >= 0.6 is 11.6 Å². The van der Waals surface area contributed by atoms with Gasteiger partial charge in [-0.1, -0.05) is 11.6 Å². The van der Waals surface area contributed by atoms with Crippen molar-refractivity contribution < 1.29 is 19.7 Å². The molecule has 4 atom stereocenters. The summed E-state index contributed by atoms with van der Waals surface area (Å²) in [5.41, 5.74) is 5.06. The molecule has 1 saturated heterocycles. The molecular weight excluding hydrogens is 456 g/mol. The maximum Gasteiger partial charge on any atom is 0.256 e. The van der Waals surface area contributed by atoms with Gasteiger partial charge < -0.3 is 25.3 Å². The number of aryl methyl sites for hydroxylation is 1. The molecule has 4 rings (SSSR count). The number of ether oxygens (including phenoxy) is 1. The normalized spacial score (nSPS) is 23.7. The second-order valence-electron chi connectivity index (χ2n) is 9.34. The van der Waals surface area contributed by atoms with Crippen molar-refractivity contribution in [1.82, 2.24) is 15.2 Å². The zero-order chi connectivity index (χ0) is 24.6. The lowest BCUT2D eigenvalue weighted by molar-refractivity contribution is -0.110. The number of carbonyl (C=O) groups is 1. The van der Waals surface area contributed by atoms with Gasteiger partial charge in [0.15, 0.2) is 0 Å². The molecule has 0 spiro atoms. The first-order valence-electron chi connectivity index (χ1n) is 11.6. The average molecular weight is 489 g/mol. The lowest BCUT2D eigenvalue weighted by Crippen LogP contribution is -2.49. The van der Waals surface area contributed by atoms with Crippen LogP contribution < -0.4 is 10.6 Å². The number of aliphatic hydroxyl groups is 2. The van der Waals surface area contributed by atoms with Crippen LogP contribution in [0.25, 0.3) is 11.6 Å². The molecule has 1 aromatic heterocycles. The highest BCUT2D eigenvalue weighted by Gasteiger charge is 2.27. The third kappa shape index (κ3) is 5.38. The Bertz CT molecular complexity index is 1090. The van der Waals surface area contributed by atoms with Crippen LogP contribution in [0.15, 0.2) is 18.2 Å². The molecule has 0 radical (unpaired) electrons. The van der Waals surface area contributed by atoms with E-state index in [0.29, 0.717) is 22.7 Å². The fourth-order valence-electron chi connectivity index (χ4n) is 4.94. The van der Waals surface area contributed by atoms with Crippen LogP contribution in [-0.2, 0) is 9.53 Å². The van der Waals surface area contributed by atoms with E-state index in [-0.39, 0.29) is 24.7 Å². The molecule has 2 aromatic rings. The van der Waals surface area contributed by atoms with Crippen LogP contribution in [0.2, 0.25) is 5.02 Å². The molecule has 1 amide bonds. The number of hydrogen-bond acceptors (Lipinski definition) is 6. The molecule has 2 aliphatic rings. The van der Waals surface area contributed by atoms with E-state index in [1.165, 1.54) is 0 Å². The summed E-state index contributed by atoms with van der Waals surface area (Å²) in [6.07, 6.45) is 0.469. The van der Waals surface area contributed by atoms with E-state index in [9.17, 15) is 15.0 Å². The number of β-amino-alcohol motifs (C(OH)–C–C–N with tert-alkyl or cyclic N) is 1. The summed E-state index contributed by atoms with van der Waals surface area (Å²) in [6, 6.07) is 5.29. The van der Waals surface area contributed by atoms with Gasteiger partial charge >= 0.3 is 0 Å². The molecule has 8 nitrogen and oxygen atoms in total. The zero-order valence-electron chi connectivity index (χ0n) is 20.0. The van der Waals surface area contributed by atoms with Gasteiger partial charge in [0.05, 0.1) is 23.9 Å². The number of fused-ring (bicyclic) bond motifs is 1. The number of hydrogen-bond donors (Lipinski definition) is 5. The minimum absolute atomic E-state index is 0.136. The van der Waals surface area contributed by atoms with E-state index in [2.05, 4.69) is 20.5 Å². The van der Waals surface area contributed by atoms with Crippen molar-refractivity contribution in [3.63, 3.8) is 0 Å². The maximum absolute atomic E-state index is 12.5. The third-order valence-corrected chi connectivity index (χ3v) is 6.61. The molecule has 0 saturated carbocycles. The molecule has 2 aliphatic heterocycles. The molecule has 0 aliphatic carbocycles. The van der Waals surface area contributed by atoms with Crippen molar-refractivity contribution in [1.29, 1.82) is 0 Å². The molecule has 34 heavy (non-hydrogen) atoms. The van der Waals surface area contributed by atoms with Crippen LogP contribution in [0.1, 0.15) is 48.2 Å². The van der Waals surface area contributed by atoms with E-state index in [1.54, 1.807) is 24.3 Å². The van der Waals surface area contributed by atoms with Crippen molar-refractivity contribution >= 4 is 34.8 Å². The van der Waals surface area contributed by atoms with Gasteiger partial charge in [-0.2, -0.15) is 0 Å². The predicted molar refractivity (Wildman–Crippen MR) is 134 cm³/mol. The summed E-state index contributed by atoms with van der Waals surface area (Å²) in [5, 5.41) is 27.8. The molecule has 3 heterocycles. The Morgan fingerprint density at radius 2 is 1.97 bits per heavy atom. The van der Waals surface area contributed by atoms with Crippen LogP contribution in [0.5, 0.6) is 0 Å². The number of nitrogens with zero attached hydrogens (tertiary/aromatic N) is 1. The molecule has 2 unspecified atom stereocenters. The van der Waals surface area contributed by atoms with E-state index in [0.717, 1.165) is 41.3 Å². The molecule has 184 valence electrons. The molecule has 1 fully saturated rings. The van der Waals surface area contributed by atoms with E-state index >= 15 is 0 Å². The summed E-state index contributed by atoms with van der Waals surface area (Å²) in [6.45, 7) is 10.2. The number of aromatic nitrogens is 1. The van der Waals surface area contributed by atoms with Crippen LogP contribution in [-0.4, -0.2) is 70.5 Å². The van der Waals surface area contributed by atoms with E-state index in [1.807, 2.05) is 27.7 Å². The van der Waals surface area contributed by atoms with Gasteiger partial charge in [0.1, 0.15) is 6.23 Å². The Morgan fingerprint density at radius 1 is 1.26 bits per heavy atom. The number of anilines is 1. The largest absolute Gasteiger partial charge is 0.390 e. The smallest absolute Gasteiger partial charge is 0.256 e. The maximum atomic E-state index is 12.5. The summed E-state index contributed by atoms with van der Waals surface area (Å²) >= 11 is 6.13. The molecule has 5 N–H and O–H groups in total. The first-order valence-corrected chi connectivity index (χ1v) is 12.0. The Hall–Kier alpha value is -2.20. The number of carbonyl (C=O) groups excluding carboxylic acids is 1. The van der Waals surface area contributed by atoms with Gasteiger partial charge in [-0.3, -0.25) is 15.0 Å². The van der Waals surface area contributed by atoms with Crippen LogP contribution in [0.3, 0.4) is 0 Å². The Kier molecular flexibility index (Phi) is 7.47. The summed E-state index contributed by atoms with van der Waals surface area (Å²) in [7, 11) is 0. The number of amides is 1. The minimum atomic E-state index is -0.959. The second kappa shape index (κ2) is 10.2. The lowest BCUT2D eigenvalue weighted by atomic mass is 10.0. The van der Waals surface area contributed by atoms with Gasteiger partial charge in [-0.25, -0.2) is 0 Å². The fourth-order valence-corrected chi connectivity index (χ4v) is 5.11. The minimum Gasteiger partial charge on any atom is -0.390 e.